The first kappa shape index (κ1) is 12.9. The maximum Gasteiger partial charge on any atom is 0.0638 e. The zero-order valence-electron chi connectivity index (χ0n) is 11.7. The monoisotopic (exact) mass is 254 g/mol. The molecule has 0 aromatic heterocycles. The Morgan fingerprint density at radius 3 is 2.28 bits per heavy atom. The van der Waals surface area contributed by atoms with Crippen molar-refractivity contribution in [1.29, 1.82) is 0 Å². The van der Waals surface area contributed by atoms with Crippen molar-refractivity contribution in [2.45, 2.75) is 58.7 Å². The van der Waals surface area contributed by atoms with Crippen LogP contribution in [-0.4, -0.2) is 34.1 Å². The molecule has 3 N–H and O–H groups in total. The van der Waals surface area contributed by atoms with Gasteiger partial charge >= 0.3 is 0 Å². The second-order valence-corrected chi connectivity index (χ2v) is 7.77. The lowest BCUT2D eigenvalue weighted by Crippen LogP contribution is -2.49. The fourth-order valence-corrected chi connectivity index (χ4v) is 5.76. The molecule has 0 aromatic rings. The normalized spacial score (nSPS) is 63.0. The summed E-state index contributed by atoms with van der Waals surface area (Å²) in [6, 6.07) is 0. The van der Waals surface area contributed by atoms with E-state index < -0.39 is 0 Å². The molecule has 0 heterocycles. The smallest absolute Gasteiger partial charge is 0.0638 e. The lowest BCUT2D eigenvalue weighted by molar-refractivity contribution is -0.102. The van der Waals surface area contributed by atoms with E-state index in [2.05, 4.69) is 20.8 Å². The number of rotatable bonds is 1. The molecule has 3 saturated carbocycles. The number of aliphatic hydroxyl groups is 3. The Kier molecular flexibility index (Phi) is 2.51. The highest BCUT2D eigenvalue weighted by Crippen LogP contribution is 2.73. The van der Waals surface area contributed by atoms with Crippen molar-refractivity contribution < 1.29 is 15.3 Å². The van der Waals surface area contributed by atoms with Crippen molar-refractivity contribution in [2.75, 3.05) is 6.61 Å². The minimum Gasteiger partial charge on any atom is -0.396 e. The van der Waals surface area contributed by atoms with E-state index >= 15 is 0 Å². The van der Waals surface area contributed by atoms with E-state index in [1.54, 1.807) is 0 Å². The molecule has 18 heavy (non-hydrogen) atoms. The van der Waals surface area contributed by atoms with Gasteiger partial charge in [-0.05, 0) is 41.9 Å². The van der Waals surface area contributed by atoms with Crippen LogP contribution in [0, 0.1) is 28.1 Å². The maximum absolute atomic E-state index is 10.8. The van der Waals surface area contributed by atoms with Crippen molar-refractivity contribution >= 4 is 0 Å². The van der Waals surface area contributed by atoms with Crippen LogP contribution in [0.25, 0.3) is 0 Å². The van der Waals surface area contributed by atoms with Crippen LogP contribution in [0.2, 0.25) is 0 Å². The first-order valence-electron chi connectivity index (χ1n) is 7.27. The average molecular weight is 254 g/mol. The SMILES string of the molecule is C[C@]1(CO)CCC[C@@]2(C)[C@@H]3[C@@H]1[C@@H](O)[C@]2(C)C[C@H]3O. The van der Waals surface area contributed by atoms with E-state index in [1.807, 2.05) is 0 Å². The standard InChI is InChI=1S/C15H26O3/c1-13(8-16)5-4-6-14(2)10-9(17)7-15(14,3)12(18)11(10)13/h9-12,16-18H,4-8H2,1-3H3/t9-,10+,11-,12-,13-,14+,15+/m1/s1. The van der Waals surface area contributed by atoms with Crippen LogP contribution in [0.3, 0.4) is 0 Å². The van der Waals surface area contributed by atoms with Crippen molar-refractivity contribution in [3.63, 3.8) is 0 Å². The summed E-state index contributed by atoms with van der Waals surface area (Å²) in [6.07, 6.45) is 3.14. The average Bonchev–Trinajstić information content (AvgIpc) is 2.53. The van der Waals surface area contributed by atoms with Crippen molar-refractivity contribution in [3.8, 4) is 0 Å². The highest BCUT2D eigenvalue weighted by atomic mass is 16.3. The summed E-state index contributed by atoms with van der Waals surface area (Å²) in [7, 11) is 0. The number of hydrogen-bond acceptors (Lipinski definition) is 3. The van der Waals surface area contributed by atoms with Gasteiger partial charge in [0, 0.05) is 12.0 Å². The third kappa shape index (κ3) is 1.17. The molecule has 3 rings (SSSR count). The van der Waals surface area contributed by atoms with Gasteiger partial charge in [0.1, 0.15) is 0 Å². The summed E-state index contributed by atoms with van der Waals surface area (Å²) in [6.45, 7) is 6.59. The van der Waals surface area contributed by atoms with Gasteiger partial charge in [0.15, 0.2) is 0 Å². The molecule has 4 bridgehead atoms. The van der Waals surface area contributed by atoms with Crippen molar-refractivity contribution in [2.24, 2.45) is 28.1 Å². The first-order chi connectivity index (χ1) is 8.30. The Labute approximate surface area is 109 Å². The fraction of sp³-hybridized carbons (Fsp3) is 1.00. The summed E-state index contributed by atoms with van der Waals surface area (Å²) < 4.78 is 0. The third-order valence-corrected chi connectivity index (χ3v) is 7.08. The Hall–Kier alpha value is -0.120. The van der Waals surface area contributed by atoms with Gasteiger partial charge in [-0.3, -0.25) is 0 Å². The van der Waals surface area contributed by atoms with E-state index in [4.69, 9.17) is 0 Å². The molecule has 0 amide bonds. The molecule has 7 atom stereocenters. The quantitative estimate of drug-likeness (QED) is 0.665. The van der Waals surface area contributed by atoms with Crippen LogP contribution in [-0.2, 0) is 0 Å². The molecule has 0 radical (unpaired) electrons. The molecule has 0 aliphatic heterocycles. The van der Waals surface area contributed by atoms with Gasteiger partial charge in [-0.1, -0.05) is 27.2 Å². The van der Waals surface area contributed by atoms with Crippen LogP contribution >= 0.6 is 0 Å². The molecular formula is C15H26O3. The van der Waals surface area contributed by atoms with Gasteiger partial charge in [-0.2, -0.15) is 0 Å². The second kappa shape index (κ2) is 3.50. The number of hydrogen-bond donors (Lipinski definition) is 3. The lowest BCUT2D eigenvalue weighted by Gasteiger charge is -2.46. The maximum atomic E-state index is 10.8. The Morgan fingerprint density at radius 2 is 1.67 bits per heavy atom. The van der Waals surface area contributed by atoms with Crippen molar-refractivity contribution in [3.05, 3.63) is 0 Å². The van der Waals surface area contributed by atoms with E-state index in [0.717, 1.165) is 19.3 Å². The van der Waals surface area contributed by atoms with E-state index in [-0.39, 0.29) is 46.9 Å². The Bertz CT molecular complexity index is 371. The van der Waals surface area contributed by atoms with Crippen LogP contribution in [0.5, 0.6) is 0 Å². The zero-order chi connectivity index (χ0) is 13.3. The minimum atomic E-state index is -0.381. The Morgan fingerprint density at radius 1 is 1.00 bits per heavy atom. The topological polar surface area (TPSA) is 60.7 Å². The lowest BCUT2D eigenvalue weighted by atomic mass is 9.62. The van der Waals surface area contributed by atoms with Gasteiger partial charge in [-0.25, -0.2) is 0 Å². The van der Waals surface area contributed by atoms with Crippen LogP contribution < -0.4 is 0 Å². The van der Waals surface area contributed by atoms with Crippen molar-refractivity contribution in [1.82, 2.24) is 0 Å². The number of aliphatic hydroxyl groups excluding tert-OH is 3. The van der Waals surface area contributed by atoms with Crippen LogP contribution in [0.1, 0.15) is 46.5 Å². The van der Waals surface area contributed by atoms with Gasteiger partial charge in [0.25, 0.3) is 0 Å². The van der Waals surface area contributed by atoms with Gasteiger partial charge in [0.2, 0.25) is 0 Å². The summed E-state index contributed by atoms with van der Waals surface area (Å²) in [5.41, 5.74) is -0.386. The molecule has 0 unspecified atom stereocenters. The highest BCUT2D eigenvalue weighted by Gasteiger charge is 2.74. The molecule has 3 heteroatoms. The molecule has 0 spiro atoms. The summed E-state index contributed by atoms with van der Waals surface area (Å²) >= 11 is 0. The predicted octanol–water partition coefficient (Wildman–Crippen LogP) is 1.55. The van der Waals surface area contributed by atoms with Crippen LogP contribution in [0.15, 0.2) is 0 Å². The Balaban J connectivity index is 2.14. The largest absolute Gasteiger partial charge is 0.396 e. The molecule has 3 nitrogen and oxygen atoms in total. The summed E-state index contributed by atoms with van der Waals surface area (Å²) in [5, 5.41) is 31.0. The molecule has 3 aliphatic carbocycles. The van der Waals surface area contributed by atoms with Gasteiger partial charge in [0.05, 0.1) is 12.2 Å². The summed E-state index contributed by atoms with van der Waals surface area (Å²) in [4.78, 5) is 0. The minimum absolute atomic E-state index is 0.0312. The van der Waals surface area contributed by atoms with Gasteiger partial charge < -0.3 is 15.3 Å². The third-order valence-electron chi connectivity index (χ3n) is 7.08. The molecule has 3 aliphatic rings. The molecule has 0 aromatic carbocycles. The predicted molar refractivity (Wildman–Crippen MR) is 68.9 cm³/mol. The molecule has 104 valence electrons. The fourth-order valence-electron chi connectivity index (χ4n) is 5.76. The van der Waals surface area contributed by atoms with Gasteiger partial charge in [-0.15, -0.1) is 0 Å². The highest BCUT2D eigenvalue weighted by molar-refractivity contribution is 5.22. The van der Waals surface area contributed by atoms with E-state index in [9.17, 15) is 15.3 Å². The summed E-state index contributed by atoms with van der Waals surface area (Å²) in [5.74, 6) is 0.195. The van der Waals surface area contributed by atoms with E-state index in [0.29, 0.717) is 6.42 Å². The second-order valence-electron chi connectivity index (χ2n) is 7.77. The first-order valence-corrected chi connectivity index (χ1v) is 7.27. The van der Waals surface area contributed by atoms with Crippen LogP contribution in [0.4, 0.5) is 0 Å². The van der Waals surface area contributed by atoms with E-state index in [1.165, 1.54) is 0 Å². The molecular weight excluding hydrogens is 228 g/mol. The molecule has 3 fully saturated rings. The zero-order valence-corrected chi connectivity index (χ0v) is 11.7. The molecule has 0 saturated heterocycles.